The molecule has 0 atom stereocenters. The Kier molecular flexibility index (Phi) is 3.62. The molecule has 0 fully saturated rings. The third-order valence-electron chi connectivity index (χ3n) is 1.38. The third-order valence-corrected chi connectivity index (χ3v) is 2.05. The SMILES string of the molecule is Fc1c(F)c(OC(F)F)c(Cl)c(F)c1Cl. The second-order valence-electron chi connectivity index (χ2n) is 2.28. The molecule has 0 aromatic heterocycles. The maximum Gasteiger partial charge on any atom is 0.387 e. The van der Waals surface area contributed by atoms with Gasteiger partial charge in [-0.15, -0.1) is 0 Å². The van der Waals surface area contributed by atoms with E-state index in [1.165, 1.54) is 0 Å². The van der Waals surface area contributed by atoms with Crippen LogP contribution in [-0.4, -0.2) is 6.61 Å². The maximum atomic E-state index is 12.9. The third kappa shape index (κ3) is 2.26. The van der Waals surface area contributed by atoms with E-state index in [0.717, 1.165) is 0 Å². The molecule has 1 aromatic carbocycles. The summed E-state index contributed by atoms with van der Waals surface area (Å²) in [6, 6.07) is 0. The molecule has 0 N–H and O–H groups in total. The molecule has 0 saturated heterocycles. The van der Waals surface area contributed by atoms with E-state index < -0.39 is 39.9 Å². The number of ether oxygens (including phenoxy) is 1. The van der Waals surface area contributed by atoms with E-state index in [9.17, 15) is 22.0 Å². The van der Waals surface area contributed by atoms with E-state index in [2.05, 4.69) is 4.74 Å². The number of halogens is 7. The zero-order valence-electron chi connectivity index (χ0n) is 6.63. The molecule has 0 aliphatic rings. The van der Waals surface area contributed by atoms with Crippen molar-refractivity contribution in [1.82, 2.24) is 0 Å². The first-order chi connectivity index (χ1) is 6.86. The zero-order valence-corrected chi connectivity index (χ0v) is 8.14. The van der Waals surface area contributed by atoms with Crippen LogP contribution in [-0.2, 0) is 0 Å². The first kappa shape index (κ1) is 12.3. The standard InChI is InChI=1S/C7HCl2F5O/c8-1-3(10)2(9)6(15-7(13)14)5(12)4(1)11/h7H. The van der Waals surface area contributed by atoms with Crippen LogP contribution in [0, 0.1) is 17.5 Å². The number of alkyl halides is 2. The minimum atomic E-state index is -3.46. The summed E-state index contributed by atoms with van der Waals surface area (Å²) in [5.74, 6) is -6.68. The van der Waals surface area contributed by atoms with Crippen molar-refractivity contribution in [3.8, 4) is 5.75 Å². The normalized spacial score (nSPS) is 10.9. The van der Waals surface area contributed by atoms with E-state index in [1.54, 1.807) is 0 Å². The Labute approximate surface area is 90.3 Å². The lowest BCUT2D eigenvalue weighted by Gasteiger charge is -2.10. The van der Waals surface area contributed by atoms with Crippen LogP contribution in [0.4, 0.5) is 22.0 Å². The highest BCUT2D eigenvalue weighted by atomic mass is 35.5. The van der Waals surface area contributed by atoms with Crippen molar-refractivity contribution in [2.45, 2.75) is 6.61 Å². The van der Waals surface area contributed by atoms with E-state index in [0.29, 0.717) is 0 Å². The molecule has 84 valence electrons. The van der Waals surface area contributed by atoms with Crippen LogP contribution < -0.4 is 4.74 Å². The quantitative estimate of drug-likeness (QED) is 0.447. The van der Waals surface area contributed by atoms with E-state index >= 15 is 0 Å². The van der Waals surface area contributed by atoms with E-state index in [-0.39, 0.29) is 0 Å². The highest BCUT2D eigenvalue weighted by molar-refractivity contribution is 6.35. The summed E-state index contributed by atoms with van der Waals surface area (Å²) in [5.41, 5.74) is 0. The van der Waals surface area contributed by atoms with E-state index in [1.807, 2.05) is 0 Å². The fraction of sp³-hybridized carbons (Fsp3) is 0.143. The average Bonchev–Trinajstić information content (AvgIpc) is 2.18. The molecule has 1 aromatic rings. The lowest BCUT2D eigenvalue weighted by atomic mass is 10.3. The minimum absolute atomic E-state index is 1.14. The Morgan fingerprint density at radius 3 is 1.87 bits per heavy atom. The van der Waals surface area contributed by atoms with Gasteiger partial charge in [0.05, 0.1) is 0 Å². The summed E-state index contributed by atoms with van der Waals surface area (Å²) < 4.78 is 65.5. The van der Waals surface area contributed by atoms with Crippen LogP contribution in [0.3, 0.4) is 0 Å². The Morgan fingerprint density at radius 1 is 0.867 bits per heavy atom. The van der Waals surface area contributed by atoms with Gasteiger partial charge in [0.25, 0.3) is 0 Å². The highest BCUT2D eigenvalue weighted by Gasteiger charge is 2.26. The van der Waals surface area contributed by atoms with Crippen molar-refractivity contribution in [1.29, 1.82) is 0 Å². The van der Waals surface area contributed by atoms with E-state index in [4.69, 9.17) is 23.2 Å². The van der Waals surface area contributed by atoms with Crippen LogP contribution in [0.5, 0.6) is 5.75 Å². The Morgan fingerprint density at radius 2 is 1.40 bits per heavy atom. The lowest BCUT2D eigenvalue weighted by Crippen LogP contribution is -2.07. The summed E-state index contributed by atoms with van der Waals surface area (Å²) in [7, 11) is 0. The van der Waals surface area contributed by atoms with Gasteiger partial charge in [0.2, 0.25) is 5.82 Å². The van der Waals surface area contributed by atoms with Gasteiger partial charge in [0, 0.05) is 0 Å². The molecule has 0 aliphatic heterocycles. The van der Waals surface area contributed by atoms with Gasteiger partial charge in [0.1, 0.15) is 10.0 Å². The van der Waals surface area contributed by atoms with Gasteiger partial charge < -0.3 is 4.74 Å². The van der Waals surface area contributed by atoms with Gasteiger partial charge in [-0.3, -0.25) is 0 Å². The first-order valence-corrected chi connectivity index (χ1v) is 4.08. The van der Waals surface area contributed by atoms with Crippen molar-refractivity contribution in [3.63, 3.8) is 0 Å². The number of hydrogen-bond donors (Lipinski definition) is 0. The summed E-state index contributed by atoms with van der Waals surface area (Å²) in [4.78, 5) is 0. The summed E-state index contributed by atoms with van der Waals surface area (Å²) >= 11 is 10.1. The summed E-state index contributed by atoms with van der Waals surface area (Å²) in [5, 5.41) is -2.36. The Bertz CT molecular complexity index is 366. The average molecular weight is 267 g/mol. The van der Waals surface area contributed by atoms with Gasteiger partial charge in [0.15, 0.2) is 17.4 Å². The molecule has 0 radical (unpaired) electrons. The van der Waals surface area contributed by atoms with Crippen LogP contribution >= 0.6 is 23.2 Å². The molecule has 0 aliphatic carbocycles. The van der Waals surface area contributed by atoms with Crippen LogP contribution in [0.25, 0.3) is 0 Å². The maximum absolute atomic E-state index is 12.9. The zero-order chi connectivity index (χ0) is 11.7. The summed E-state index contributed by atoms with van der Waals surface area (Å²) in [6.45, 7) is -3.46. The van der Waals surface area contributed by atoms with Gasteiger partial charge in [-0.05, 0) is 0 Å². The molecule has 8 heteroatoms. The fourth-order valence-corrected chi connectivity index (χ4v) is 1.23. The molecule has 0 amide bonds. The van der Waals surface area contributed by atoms with Crippen LogP contribution in [0.2, 0.25) is 10.0 Å². The van der Waals surface area contributed by atoms with Crippen LogP contribution in [0.1, 0.15) is 0 Å². The molecule has 0 unspecified atom stereocenters. The smallest absolute Gasteiger partial charge is 0.387 e. The topological polar surface area (TPSA) is 9.23 Å². The van der Waals surface area contributed by atoms with Crippen molar-refractivity contribution < 1.29 is 26.7 Å². The second-order valence-corrected chi connectivity index (χ2v) is 3.03. The van der Waals surface area contributed by atoms with Gasteiger partial charge >= 0.3 is 6.61 Å². The molecule has 0 heterocycles. The predicted molar refractivity (Wildman–Crippen MR) is 43.0 cm³/mol. The molecular weight excluding hydrogens is 266 g/mol. The van der Waals surface area contributed by atoms with Gasteiger partial charge in [-0.1, -0.05) is 23.2 Å². The molecule has 1 nitrogen and oxygen atoms in total. The van der Waals surface area contributed by atoms with Gasteiger partial charge in [-0.25, -0.2) is 8.78 Å². The number of rotatable bonds is 2. The van der Waals surface area contributed by atoms with Crippen molar-refractivity contribution in [3.05, 3.63) is 27.5 Å². The van der Waals surface area contributed by atoms with Gasteiger partial charge in [-0.2, -0.15) is 13.2 Å². The first-order valence-electron chi connectivity index (χ1n) is 3.32. The Balaban J connectivity index is 3.39. The molecule has 0 saturated carbocycles. The number of benzene rings is 1. The summed E-state index contributed by atoms with van der Waals surface area (Å²) in [6.07, 6.45) is 0. The molecular formula is C7HCl2F5O. The lowest BCUT2D eigenvalue weighted by molar-refractivity contribution is -0.0526. The minimum Gasteiger partial charge on any atom is -0.430 e. The molecule has 0 spiro atoms. The monoisotopic (exact) mass is 266 g/mol. The molecule has 1 rings (SSSR count). The second kappa shape index (κ2) is 4.40. The van der Waals surface area contributed by atoms with Crippen molar-refractivity contribution >= 4 is 23.2 Å². The highest BCUT2D eigenvalue weighted by Crippen LogP contribution is 2.37. The molecule has 0 bridgehead atoms. The predicted octanol–water partition coefficient (Wildman–Crippen LogP) is 4.01. The largest absolute Gasteiger partial charge is 0.430 e. The number of hydrogen-bond acceptors (Lipinski definition) is 1. The fourth-order valence-electron chi connectivity index (χ4n) is 0.777. The Hall–Kier alpha value is -0.750. The van der Waals surface area contributed by atoms with Crippen molar-refractivity contribution in [2.24, 2.45) is 0 Å². The van der Waals surface area contributed by atoms with Crippen molar-refractivity contribution in [2.75, 3.05) is 0 Å². The van der Waals surface area contributed by atoms with Crippen LogP contribution in [0.15, 0.2) is 0 Å². The molecule has 15 heavy (non-hydrogen) atoms.